The van der Waals surface area contributed by atoms with Crippen molar-refractivity contribution in [3.05, 3.63) is 255 Å². The van der Waals surface area contributed by atoms with Crippen LogP contribution in [0.1, 0.15) is 0 Å². The summed E-state index contributed by atoms with van der Waals surface area (Å²) in [5.74, 6) is 0.611. The second-order valence-electron chi connectivity index (χ2n) is 18.0. The van der Waals surface area contributed by atoms with Crippen LogP contribution in [0, 0.1) is 0 Å². The van der Waals surface area contributed by atoms with Gasteiger partial charge in [0.1, 0.15) is 5.52 Å². The Labute approximate surface area is 403 Å². The molecule has 0 radical (unpaired) electrons. The fraction of sp³-hybridized carbons (Fsp3) is 0. The van der Waals surface area contributed by atoms with Crippen LogP contribution < -0.4 is 9.80 Å². The first-order valence-electron chi connectivity index (χ1n) is 23.8. The highest BCUT2D eigenvalue weighted by Crippen LogP contribution is 2.44. The van der Waals surface area contributed by atoms with E-state index in [-0.39, 0.29) is 0 Å². The summed E-state index contributed by atoms with van der Waals surface area (Å²) in [6.45, 7) is 0. The molecule has 0 aliphatic heterocycles. The van der Waals surface area contributed by atoms with Crippen LogP contribution in [0.15, 0.2) is 259 Å². The number of aromatic nitrogens is 2. The Morgan fingerprint density at radius 2 is 0.771 bits per heavy atom. The molecular weight excluding hydrogens is 853 g/mol. The summed E-state index contributed by atoms with van der Waals surface area (Å²) in [6.07, 6.45) is 0. The molecule has 0 amide bonds. The van der Waals surface area contributed by atoms with E-state index in [2.05, 4.69) is 239 Å². The van der Waals surface area contributed by atoms with Gasteiger partial charge in [0.25, 0.3) is 0 Å². The third kappa shape index (κ3) is 6.67. The maximum Gasteiger partial charge on any atom is 0.227 e. The molecule has 14 rings (SSSR count). The van der Waals surface area contributed by atoms with E-state index >= 15 is 0 Å². The number of anilines is 6. The van der Waals surface area contributed by atoms with E-state index in [9.17, 15) is 0 Å². The number of oxazole rings is 1. The van der Waals surface area contributed by atoms with Crippen molar-refractivity contribution in [3.63, 3.8) is 0 Å². The molecule has 2 aromatic heterocycles. The predicted octanol–water partition coefficient (Wildman–Crippen LogP) is 18.1. The van der Waals surface area contributed by atoms with Gasteiger partial charge in [0.05, 0.1) is 11.0 Å². The SMILES string of the molecule is c1ccc(-c2nc3ccc(N(c4ccc5ccccc5c4)c4ccc5c(ccc6cc(N(c7ccc8ccccc8c7)c7ccc8c(c7)c7ccccc7n8-c7ccccc7)ccc65)c4)cc3o2)cc1. The molecule has 0 saturated carbocycles. The second kappa shape index (κ2) is 16.1. The van der Waals surface area contributed by atoms with E-state index in [1.807, 2.05) is 30.3 Å². The lowest BCUT2D eigenvalue weighted by atomic mass is 9.99. The number of hydrogen-bond donors (Lipinski definition) is 0. The number of rotatable bonds is 8. The highest BCUT2D eigenvalue weighted by Gasteiger charge is 2.20. The maximum absolute atomic E-state index is 6.42. The van der Waals surface area contributed by atoms with E-state index in [4.69, 9.17) is 9.40 Å². The lowest BCUT2D eigenvalue weighted by Gasteiger charge is -2.27. The monoisotopic (exact) mass is 894 g/mol. The Bertz CT molecular complexity index is 4330. The summed E-state index contributed by atoms with van der Waals surface area (Å²) in [4.78, 5) is 9.57. The Kier molecular flexibility index (Phi) is 9.14. The van der Waals surface area contributed by atoms with Gasteiger partial charge in [-0.2, -0.15) is 0 Å². The lowest BCUT2D eigenvalue weighted by Crippen LogP contribution is -2.10. The van der Waals surface area contributed by atoms with Crippen LogP contribution in [0.3, 0.4) is 0 Å². The van der Waals surface area contributed by atoms with Gasteiger partial charge in [0.2, 0.25) is 5.89 Å². The normalized spacial score (nSPS) is 11.7. The zero-order valence-corrected chi connectivity index (χ0v) is 37.9. The molecule has 70 heavy (non-hydrogen) atoms. The van der Waals surface area contributed by atoms with Gasteiger partial charge in [-0.1, -0.05) is 140 Å². The quantitative estimate of drug-likeness (QED) is 0.142. The fourth-order valence-electron chi connectivity index (χ4n) is 10.6. The van der Waals surface area contributed by atoms with Crippen molar-refractivity contribution in [1.82, 2.24) is 9.55 Å². The predicted molar refractivity (Wildman–Crippen MR) is 293 cm³/mol. The summed E-state index contributed by atoms with van der Waals surface area (Å²) in [5, 5.41) is 11.9. The van der Waals surface area contributed by atoms with Crippen LogP contribution in [0.25, 0.3) is 93.1 Å². The molecule has 0 spiro atoms. The van der Waals surface area contributed by atoms with E-state index < -0.39 is 0 Å². The molecule has 12 aromatic carbocycles. The van der Waals surface area contributed by atoms with Crippen LogP contribution in [-0.4, -0.2) is 9.55 Å². The number of para-hydroxylation sites is 2. The molecule has 0 bridgehead atoms. The molecule has 328 valence electrons. The van der Waals surface area contributed by atoms with Gasteiger partial charge in [-0.15, -0.1) is 0 Å². The Morgan fingerprint density at radius 1 is 0.314 bits per heavy atom. The zero-order chi connectivity index (χ0) is 46.1. The molecule has 0 N–H and O–H groups in total. The topological polar surface area (TPSA) is 37.4 Å². The van der Waals surface area contributed by atoms with Gasteiger partial charge < -0.3 is 18.8 Å². The van der Waals surface area contributed by atoms with E-state index in [0.717, 1.165) is 61.9 Å². The molecule has 2 heterocycles. The van der Waals surface area contributed by atoms with E-state index in [1.165, 1.54) is 59.5 Å². The molecule has 0 fully saturated rings. The average Bonchev–Trinajstić information content (AvgIpc) is 4.00. The largest absolute Gasteiger partial charge is 0.436 e. The lowest BCUT2D eigenvalue weighted by molar-refractivity contribution is 0.620. The first-order valence-corrected chi connectivity index (χ1v) is 23.8. The van der Waals surface area contributed by atoms with Gasteiger partial charge in [-0.05, 0) is 152 Å². The minimum absolute atomic E-state index is 0.611. The highest BCUT2D eigenvalue weighted by atomic mass is 16.3. The molecule has 14 aromatic rings. The molecule has 0 aliphatic rings. The summed E-state index contributed by atoms with van der Waals surface area (Å²) < 4.78 is 8.79. The third-order valence-electron chi connectivity index (χ3n) is 13.9. The molecule has 0 saturated heterocycles. The number of nitrogens with zero attached hydrogens (tertiary/aromatic N) is 4. The maximum atomic E-state index is 6.42. The summed E-state index contributed by atoms with van der Waals surface area (Å²) in [7, 11) is 0. The van der Waals surface area contributed by atoms with Crippen molar-refractivity contribution in [1.29, 1.82) is 0 Å². The van der Waals surface area contributed by atoms with Crippen molar-refractivity contribution < 1.29 is 4.42 Å². The van der Waals surface area contributed by atoms with Crippen LogP contribution >= 0.6 is 0 Å². The zero-order valence-electron chi connectivity index (χ0n) is 37.9. The first-order chi connectivity index (χ1) is 34.7. The van der Waals surface area contributed by atoms with Crippen molar-refractivity contribution in [3.8, 4) is 17.1 Å². The molecule has 0 aliphatic carbocycles. The third-order valence-corrected chi connectivity index (χ3v) is 13.9. The molecule has 0 unspecified atom stereocenters. The standard InChI is InChI=1S/C65H42N4O/c1-3-15-45(16-4-1)65-66-61-35-31-56(42-64(61)70-65)68(52-28-26-44-14-8-10-18-47(44)38-52)54-30-34-58-49(40-54)24-23-48-39-53(29-33-57(48)58)67(51-27-25-43-13-7-9-17-46(43)37-51)55-32-36-63-60(41-55)59-21-11-12-22-62(59)69(63)50-19-5-2-6-20-50/h1-42H. The van der Waals surface area contributed by atoms with Crippen molar-refractivity contribution in [2.75, 3.05) is 9.80 Å². The van der Waals surface area contributed by atoms with Gasteiger partial charge in [-0.3, -0.25) is 0 Å². The van der Waals surface area contributed by atoms with Crippen molar-refractivity contribution >= 4 is 110 Å². The van der Waals surface area contributed by atoms with Crippen LogP contribution in [0.5, 0.6) is 0 Å². The Morgan fingerprint density at radius 3 is 1.41 bits per heavy atom. The summed E-state index contributed by atoms with van der Waals surface area (Å²) in [6, 6.07) is 91.5. The molecule has 0 atom stereocenters. The summed E-state index contributed by atoms with van der Waals surface area (Å²) in [5.41, 5.74) is 12.4. The van der Waals surface area contributed by atoms with E-state index in [1.54, 1.807) is 0 Å². The minimum atomic E-state index is 0.611. The van der Waals surface area contributed by atoms with Crippen molar-refractivity contribution in [2.24, 2.45) is 0 Å². The summed E-state index contributed by atoms with van der Waals surface area (Å²) >= 11 is 0. The Hall–Kier alpha value is -9.45. The minimum Gasteiger partial charge on any atom is -0.436 e. The Balaban J connectivity index is 0.895. The van der Waals surface area contributed by atoms with E-state index in [0.29, 0.717) is 5.89 Å². The van der Waals surface area contributed by atoms with Gasteiger partial charge in [-0.25, -0.2) is 4.98 Å². The molecule has 5 heteroatoms. The first kappa shape index (κ1) is 39.7. The van der Waals surface area contributed by atoms with Crippen LogP contribution in [-0.2, 0) is 0 Å². The smallest absolute Gasteiger partial charge is 0.227 e. The fourth-order valence-corrected chi connectivity index (χ4v) is 10.6. The highest BCUT2D eigenvalue weighted by molar-refractivity contribution is 6.12. The van der Waals surface area contributed by atoms with Crippen molar-refractivity contribution in [2.45, 2.75) is 0 Å². The second-order valence-corrected chi connectivity index (χ2v) is 18.0. The van der Waals surface area contributed by atoms with Gasteiger partial charge >= 0.3 is 0 Å². The molecular formula is C65H42N4O. The van der Waals surface area contributed by atoms with Gasteiger partial charge in [0.15, 0.2) is 5.58 Å². The molecule has 5 nitrogen and oxygen atoms in total. The van der Waals surface area contributed by atoms with Crippen LogP contribution in [0.2, 0.25) is 0 Å². The number of benzene rings is 12. The average molecular weight is 895 g/mol. The number of hydrogen-bond acceptors (Lipinski definition) is 4. The van der Waals surface area contributed by atoms with Crippen LogP contribution in [0.4, 0.5) is 34.1 Å². The van der Waals surface area contributed by atoms with Gasteiger partial charge in [0, 0.05) is 62.2 Å². The number of fused-ring (bicyclic) bond motifs is 9.